The highest BCUT2D eigenvalue weighted by Gasteiger charge is 2.22. The van der Waals surface area contributed by atoms with E-state index in [0.717, 1.165) is 28.8 Å². The van der Waals surface area contributed by atoms with Crippen LogP contribution in [0.3, 0.4) is 0 Å². The number of carbonyl (C=O) groups is 1. The molecule has 0 aliphatic carbocycles. The zero-order chi connectivity index (χ0) is 24.6. The highest BCUT2D eigenvalue weighted by atomic mass is 32.2. The number of benzene rings is 3. The number of amides is 1. The van der Waals surface area contributed by atoms with E-state index in [1.54, 1.807) is 47.6 Å². The first kappa shape index (κ1) is 22.9. The Morgan fingerprint density at radius 1 is 0.971 bits per heavy atom. The van der Waals surface area contributed by atoms with Gasteiger partial charge in [-0.2, -0.15) is 0 Å². The van der Waals surface area contributed by atoms with Gasteiger partial charge in [0.2, 0.25) is 11.8 Å². The molecule has 0 bridgehead atoms. The van der Waals surface area contributed by atoms with Crippen LogP contribution in [0.2, 0.25) is 0 Å². The van der Waals surface area contributed by atoms with Gasteiger partial charge in [-0.25, -0.2) is 13.4 Å². The van der Waals surface area contributed by atoms with E-state index >= 15 is 0 Å². The lowest BCUT2D eigenvalue weighted by atomic mass is 10.0. The van der Waals surface area contributed by atoms with Gasteiger partial charge in [0.25, 0.3) is 10.0 Å². The molecule has 1 aromatic heterocycles. The lowest BCUT2D eigenvalue weighted by Gasteiger charge is -2.16. The second-order valence-electron chi connectivity index (χ2n) is 8.68. The Kier molecular flexibility index (Phi) is 5.90. The zero-order valence-electron chi connectivity index (χ0n) is 19.5. The predicted octanol–water partition coefficient (Wildman–Crippen LogP) is 5.55. The van der Waals surface area contributed by atoms with E-state index in [2.05, 4.69) is 15.8 Å². The summed E-state index contributed by atoms with van der Waals surface area (Å²) in [5.41, 5.74) is 5.94. The first-order valence-corrected chi connectivity index (χ1v) is 12.9. The quantitative estimate of drug-likeness (QED) is 0.385. The summed E-state index contributed by atoms with van der Waals surface area (Å²) in [6, 6.07) is 19.4. The van der Waals surface area contributed by atoms with Crippen LogP contribution in [0.5, 0.6) is 0 Å². The van der Waals surface area contributed by atoms with Crippen LogP contribution in [0, 0.1) is 13.8 Å². The van der Waals surface area contributed by atoms with Gasteiger partial charge < -0.3 is 9.32 Å². The number of oxazole rings is 1. The van der Waals surface area contributed by atoms with Gasteiger partial charge in [0.15, 0.2) is 0 Å². The number of rotatable bonds is 6. The van der Waals surface area contributed by atoms with E-state index in [9.17, 15) is 13.2 Å². The lowest BCUT2D eigenvalue weighted by molar-refractivity contribution is -0.117. The highest BCUT2D eigenvalue weighted by Crippen LogP contribution is 2.29. The molecule has 1 N–H and O–H groups in total. The Bertz CT molecular complexity index is 1490. The van der Waals surface area contributed by atoms with E-state index in [-0.39, 0.29) is 10.8 Å². The molecule has 8 heteroatoms. The first-order valence-electron chi connectivity index (χ1n) is 11.4. The summed E-state index contributed by atoms with van der Waals surface area (Å²) in [6.45, 7) is 4.75. The number of sulfonamides is 1. The number of aromatic nitrogens is 1. The fourth-order valence-corrected chi connectivity index (χ4v) is 5.31. The number of anilines is 2. The van der Waals surface area contributed by atoms with Crippen molar-refractivity contribution < 1.29 is 17.6 Å². The average Bonchev–Trinajstić information content (AvgIpc) is 3.49. The van der Waals surface area contributed by atoms with Crippen molar-refractivity contribution in [2.45, 2.75) is 31.6 Å². The Balaban J connectivity index is 1.30. The molecular formula is C27H25N3O4S. The molecule has 35 heavy (non-hydrogen) atoms. The Morgan fingerprint density at radius 2 is 1.71 bits per heavy atom. The largest absolute Gasteiger partial charge is 0.444 e. The van der Waals surface area contributed by atoms with Crippen LogP contribution in [0.1, 0.15) is 24.0 Å². The predicted molar refractivity (Wildman–Crippen MR) is 136 cm³/mol. The fourth-order valence-electron chi connectivity index (χ4n) is 4.25. The maximum atomic E-state index is 12.8. The van der Waals surface area contributed by atoms with Crippen molar-refractivity contribution in [3.8, 4) is 22.7 Å². The van der Waals surface area contributed by atoms with Crippen LogP contribution in [0.25, 0.3) is 22.7 Å². The van der Waals surface area contributed by atoms with E-state index in [1.807, 2.05) is 26.0 Å². The molecule has 0 atom stereocenters. The van der Waals surface area contributed by atoms with Crippen LogP contribution in [0.4, 0.5) is 11.4 Å². The van der Waals surface area contributed by atoms with Gasteiger partial charge in [-0.05, 0) is 74.4 Å². The maximum absolute atomic E-state index is 12.8. The molecule has 1 aliphatic heterocycles. The minimum atomic E-state index is -3.78. The molecule has 4 aromatic rings. The maximum Gasteiger partial charge on any atom is 0.261 e. The number of nitrogens with zero attached hydrogens (tertiary/aromatic N) is 2. The minimum absolute atomic E-state index is 0.0611. The molecule has 7 nitrogen and oxygen atoms in total. The van der Waals surface area contributed by atoms with E-state index in [4.69, 9.17) is 4.42 Å². The Labute approximate surface area is 204 Å². The molecule has 5 rings (SSSR count). The van der Waals surface area contributed by atoms with Gasteiger partial charge in [0.05, 0.1) is 4.90 Å². The summed E-state index contributed by atoms with van der Waals surface area (Å²) in [5.74, 6) is 0.521. The molecule has 1 amide bonds. The number of hydrogen-bond donors (Lipinski definition) is 1. The van der Waals surface area contributed by atoms with Crippen molar-refractivity contribution in [1.29, 1.82) is 0 Å². The molecule has 178 valence electrons. The number of carbonyl (C=O) groups excluding carboxylic acids is 1. The van der Waals surface area contributed by atoms with Crippen molar-refractivity contribution in [1.82, 2.24) is 4.98 Å². The molecule has 3 aromatic carbocycles. The van der Waals surface area contributed by atoms with Crippen LogP contribution >= 0.6 is 0 Å². The highest BCUT2D eigenvalue weighted by molar-refractivity contribution is 7.92. The fraction of sp³-hybridized carbons (Fsp3) is 0.185. The van der Waals surface area contributed by atoms with Crippen LogP contribution < -0.4 is 9.62 Å². The van der Waals surface area contributed by atoms with Crippen molar-refractivity contribution in [2.75, 3.05) is 16.2 Å². The molecule has 2 heterocycles. The second-order valence-corrected chi connectivity index (χ2v) is 10.4. The molecule has 0 unspecified atom stereocenters. The lowest BCUT2D eigenvalue weighted by Crippen LogP contribution is -2.23. The smallest absolute Gasteiger partial charge is 0.261 e. The van der Waals surface area contributed by atoms with Crippen molar-refractivity contribution >= 4 is 27.3 Å². The summed E-state index contributed by atoms with van der Waals surface area (Å²) in [4.78, 5) is 18.3. The Morgan fingerprint density at radius 3 is 2.37 bits per heavy atom. The molecule has 0 radical (unpaired) electrons. The molecule has 0 spiro atoms. The molecule has 1 fully saturated rings. The van der Waals surface area contributed by atoms with E-state index in [0.29, 0.717) is 30.2 Å². The van der Waals surface area contributed by atoms with Crippen molar-refractivity contribution in [3.05, 3.63) is 84.1 Å². The third-order valence-corrected chi connectivity index (χ3v) is 7.48. The minimum Gasteiger partial charge on any atom is -0.444 e. The first-order chi connectivity index (χ1) is 16.8. The number of nitrogens with one attached hydrogen (secondary N) is 1. The van der Waals surface area contributed by atoms with Crippen molar-refractivity contribution in [3.63, 3.8) is 0 Å². The second kappa shape index (κ2) is 9.03. The van der Waals surface area contributed by atoms with E-state index < -0.39 is 10.0 Å². The van der Waals surface area contributed by atoms with Crippen LogP contribution in [0.15, 0.2) is 82.3 Å². The van der Waals surface area contributed by atoms with Gasteiger partial charge in [-0.1, -0.05) is 23.8 Å². The molecule has 0 saturated carbocycles. The van der Waals surface area contributed by atoms with Gasteiger partial charge >= 0.3 is 0 Å². The van der Waals surface area contributed by atoms with Gasteiger partial charge in [0.1, 0.15) is 12.0 Å². The average molecular weight is 488 g/mol. The standard InChI is InChI=1S/C27H25N3O4S/c1-18-5-14-24(19(2)16-18)25-17-34-27(28-25)20-6-8-21(9-7-20)29-35(32,33)23-12-10-22(11-13-23)30-15-3-4-26(30)31/h5-14,16-17,29H,3-4,15H2,1-2H3. The van der Waals surface area contributed by atoms with Gasteiger partial charge in [-0.3, -0.25) is 9.52 Å². The normalized spacial score (nSPS) is 13.9. The number of aryl methyl sites for hydroxylation is 2. The van der Waals surface area contributed by atoms with Crippen molar-refractivity contribution in [2.24, 2.45) is 0 Å². The topological polar surface area (TPSA) is 92.5 Å². The summed E-state index contributed by atoms with van der Waals surface area (Å²) in [7, 11) is -3.78. The van der Waals surface area contributed by atoms with Gasteiger partial charge in [0, 0.05) is 35.5 Å². The summed E-state index contributed by atoms with van der Waals surface area (Å²) in [5, 5.41) is 0. The summed E-state index contributed by atoms with van der Waals surface area (Å²) in [6.07, 6.45) is 2.97. The zero-order valence-corrected chi connectivity index (χ0v) is 20.3. The third kappa shape index (κ3) is 4.70. The molecular weight excluding hydrogens is 462 g/mol. The monoisotopic (exact) mass is 487 g/mol. The molecule has 1 saturated heterocycles. The van der Waals surface area contributed by atoms with E-state index in [1.165, 1.54) is 17.7 Å². The van der Waals surface area contributed by atoms with Crippen LogP contribution in [-0.2, 0) is 14.8 Å². The molecule has 1 aliphatic rings. The van der Waals surface area contributed by atoms with Gasteiger partial charge in [-0.15, -0.1) is 0 Å². The number of hydrogen-bond acceptors (Lipinski definition) is 5. The summed E-state index contributed by atoms with van der Waals surface area (Å²) < 4.78 is 34.0. The van der Waals surface area contributed by atoms with Crippen LogP contribution in [-0.4, -0.2) is 25.9 Å². The SMILES string of the molecule is Cc1ccc(-c2coc(-c3ccc(NS(=O)(=O)c4ccc(N5CCCC5=O)cc4)cc3)n2)c(C)c1. The summed E-state index contributed by atoms with van der Waals surface area (Å²) >= 11 is 0. The Hall–Kier alpha value is -3.91. The third-order valence-electron chi connectivity index (χ3n) is 6.08.